The summed E-state index contributed by atoms with van der Waals surface area (Å²) in [5.41, 5.74) is 3.82. The van der Waals surface area contributed by atoms with Crippen LogP contribution < -0.4 is 5.32 Å². The molecule has 0 aliphatic carbocycles. The van der Waals surface area contributed by atoms with Gasteiger partial charge in [0.15, 0.2) is 0 Å². The number of thiazole rings is 1. The Kier molecular flexibility index (Phi) is 6.09. The second-order valence-electron chi connectivity index (χ2n) is 6.53. The summed E-state index contributed by atoms with van der Waals surface area (Å²) in [6, 6.07) is 15.8. The molecule has 1 amide bonds. The summed E-state index contributed by atoms with van der Waals surface area (Å²) in [6.45, 7) is 7.68. The lowest BCUT2D eigenvalue weighted by Gasteiger charge is -2.08. The van der Waals surface area contributed by atoms with E-state index in [-0.39, 0.29) is 18.4 Å². The molecular weight excluding hydrogens is 376 g/mol. The van der Waals surface area contributed by atoms with E-state index in [2.05, 4.69) is 11.9 Å². The molecule has 0 spiro atoms. The molecule has 2 aromatic carbocycles. The molecule has 0 fully saturated rings. The molecule has 0 aliphatic rings. The molecule has 1 heterocycles. The van der Waals surface area contributed by atoms with Crippen molar-refractivity contribution in [2.75, 3.05) is 0 Å². The maximum absolute atomic E-state index is 12.3. The van der Waals surface area contributed by atoms with Crippen LogP contribution in [0.25, 0.3) is 27.1 Å². The highest BCUT2D eigenvalue weighted by molar-refractivity contribution is 7.18. The fraction of sp³-hybridized carbons (Fsp3) is 0.182. The van der Waals surface area contributed by atoms with Gasteiger partial charge < -0.3 is 5.32 Å². The maximum Gasteiger partial charge on any atom is 0.226 e. The SMILES string of the molecule is C=Cc1ccc(-c2nc(CC(=O)NC(C)C)c(-c3cccc(Cl)c3)s2)cc1. The first-order chi connectivity index (χ1) is 13.0. The van der Waals surface area contributed by atoms with Crippen molar-refractivity contribution in [2.45, 2.75) is 26.3 Å². The quantitative estimate of drug-likeness (QED) is 0.568. The number of carbonyl (C=O) groups is 1. The number of nitrogens with one attached hydrogen (secondary N) is 1. The van der Waals surface area contributed by atoms with Crippen LogP contribution >= 0.6 is 22.9 Å². The summed E-state index contributed by atoms with van der Waals surface area (Å²) in [7, 11) is 0. The number of benzene rings is 2. The maximum atomic E-state index is 12.3. The zero-order valence-corrected chi connectivity index (χ0v) is 16.9. The van der Waals surface area contributed by atoms with Crippen molar-refractivity contribution in [3.8, 4) is 21.0 Å². The van der Waals surface area contributed by atoms with Crippen LogP contribution in [-0.2, 0) is 11.2 Å². The van der Waals surface area contributed by atoms with E-state index in [0.717, 1.165) is 32.3 Å². The number of aromatic nitrogens is 1. The van der Waals surface area contributed by atoms with Crippen molar-refractivity contribution >= 4 is 34.9 Å². The Labute approximate surface area is 168 Å². The molecule has 3 aromatic rings. The lowest BCUT2D eigenvalue weighted by Crippen LogP contribution is -2.31. The van der Waals surface area contributed by atoms with Gasteiger partial charge in [-0.1, -0.05) is 60.7 Å². The summed E-state index contributed by atoms with van der Waals surface area (Å²) in [6.07, 6.45) is 2.05. The number of halogens is 1. The van der Waals surface area contributed by atoms with E-state index in [0.29, 0.717) is 5.02 Å². The van der Waals surface area contributed by atoms with Crippen LogP contribution in [0.2, 0.25) is 5.02 Å². The van der Waals surface area contributed by atoms with Crippen LogP contribution in [0.15, 0.2) is 55.1 Å². The molecule has 27 heavy (non-hydrogen) atoms. The molecule has 0 saturated heterocycles. The zero-order chi connectivity index (χ0) is 19.4. The molecule has 5 heteroatoms. The largest absolute Gasteiger partial charge is 0.354 e. The van der Waals surface area contributed by atoms with Crippen LogP contribution in [0.4, 0.5) is 0 Å². The minimum absolute atomic E-state index is 0.0351. The normalized spacial score (nSPS) is 10.8. The lowest BCUT2D eigenvalue weighted by atomic mass is 10.1. The first-order valence-electron chi connectivity index (χ1n) is 8.74. The van der Waals surface area contributed by atoms with E-state index in [1.807, 2.05) is 68.5 Å². The highest BCUT2D eigenvalue weighted by atomic mass is 35.5. The molecule has 0 unspecified atom stereocenters. The highest BCUT2D eigenvalue weighted by Gasteiger charge is 2.18. The highest BCUT2D eigenvalue weighted by Crippen LogP contribution is 2.36. The fourth-order valence-electron chi connectivity index (χ4n) is 2.74. The van der Waals surface area contributed by atoms with Crippen LogP contribution in [0, 0.1) is 0 Å². The summed E-state index contributed by atoms with van der Waals surface area (Å²) in [5, 5.41) is 4.48. The van der Waals surface area contributed by atoms with Crippen molar-refractivity contribution in [2.24, 2.45) is 0 Å². The molecule has 1 N–H and O–H groups in total. The Morgan fingerprint density at radius 3 is 2.59 bits per heavy atom. The van der Waals surface area contributed by atoms with E-state index in [4.69, 9.17) is 16.6 Å². The summed E-state index contributed by atoms with van der Waals surface area (Å²) in [4.78, 5) is 18.1. The third-order valence-electron chi connectivity index (χ3n) is 3.96. The molecule has 0 radical (unpaired) electrons. The molecule has 0 bridgehead atoms. The average molecular weight is 397 g/mol. The van der Waals surface area contributed by atoms with Gasteiger partial charge in [0.05, 0.1) is 17.0 Å². The molecule has 1 aromatic heterocycles. The third-order valence-corrected chi connectivity index (χ3v) is 5.39. The predicted molar refractivity (Wildman–Crippen MR) is 115 cm³/mol. The van der Waals surface area contributed by atoms with Crippen LogP contribution in [-0.4, -0.2) is 16.9 Å². The van der Waals surface area contributed by atoms with Gasteiger partial charge in [0.1, 0.15) is 5.01 Å². The summed E-state index contributed by atoms with van der Waals surface area (Å²) in [5.74, 6) is -0.0351. The number of nitrogens with zero attached hydrogens (tertiary/aromatic N) is 1. The van der Waals surface area contributed by atoms with Crippen LogP contribution in [0.1, 0.15) is 25.1 Å². The number of rotatable bonds is 6. The number of hydrogen-bond donors (Lipinski definition) is 1. The molecule has 3 nitrogen and oxygen atoms in total. The van der Waals surface area contributed by atoms with E-state index in [1.54, 1.807) is 11.3 Å². The van der Waals surface area contributed by atoms with Gasteiger partial charge in [-0.05, 0) is 37.1 Å². The van der Waals surface area contributed by atoms with E-state index in [1.165, 1.54) is 0 Å². The number of amides is 1. The van der Waals surface area contributed by atoms with Gasteiger partial charge in [0, 0.05) is 16.6 Å². The molecule has 0 saturated carbocycles. The van der Waals surface area contributed by atoms with Crippen molar-refractivity contribution in [1.29, 1.82) is 0 Å². The Hall–Kier alpha value is -2.43. The smallest absolute Gasteiger partial charge is 0.226 e. The topological polar surface area (TPSA) is 42.0 Å². The van der Waals surface area contributed by atoms with Gasteiger partial charge in [-0.15, -0.1) is 11.3 Å². The minimum Gasteiger partial charge on any atom is -0.354 e. The first kappa shape index (κ1) is 19.3. The standard InChI is InChI=1S/C22H21ClN2OS/c1-4-15-8-10-16(11-9-15)22-25-19(13-20(26)24-14(2)3)21(27-22)17-6-5-7-18(23)12-17/h4-12,14H,1,13H2,2-3H3,(H,24,26). The summed E-state index contributed by atoms with van der Waals surface area (Å²) >= 11 is 7.75. The second kappa shape index (κ2) is 8.51. The fourth-order valence-corrected chi connectivity index (χ4v) is 4.01. The first-order valence-corrected chi connectivity index (χ1v) is 9.93. The van der Waals surface area contributed by atoms with Crippen molar-refractivity contribution in [3.05, 3.63) is 71.4 Å². The monoisotopic (exact) mass is 396 g/mol. The Bertz CT molecular complexity index is 961. The Morgan fingerprint density at radius 1 is 1.22 bits per heavy atom. The zero-order valence-electron chi connectivity index (χ0n) is 15.3. The van der Waals surface area contributed by atoms with Crippen molar-refractivity contribution in [3.63, 3.8) is 0 Å². The summed E-state index contributed by atoms with van der Waals surface area (Å²) < 4.78 is 0. The van der Waals surface area contributed by atoms with Gasteiger partial charge in [-0.2, -0.15) is 0 Å². The van der Waals surface area contributed by atoms with E-state index < -0.39 is 0 Å². The number of hydrogen-bond acceptors (Lipinski definition) is 3. The predicted octanol–water partition coefficient (Wildman–Crippen LogP) is 5.84. The van der Waals surface area contributed by atoms with E-state index in [9.17, 15) is 4.79 Å². The second-order valence-corrected chi connectivity index (χ2v) is 7.97. The molecule has 0 aliphatic heterocycles. The van der Waals surface area contributed by atoms with Gasteiger partial charge in [0.25, 0.3) is 0 Å². The van der Waals surface area contributed by atoms with Gasteiger partial charge in [-0.3, -0.25) is 4.79 Å². The van der Waals surface area contributed by atoms with Crippen LogP contribution in [0.5, 0.6) is 0 Å². The van der Waals surface area contributed by atoms with Gasteiger partial charge in [0.2, 0.25) is 5.91 Å². The Balaban J connectivity index is 2.02. The molecule has 0 atom stereocenters. The number of carbonyl (C=O) groups excluding carboxylic acids is 1. The van der Waals surface area contributed by atoms with Crippen molar-refractivity contribution in [1.82, 2.24) is 10.3 Å². The lowest BCUT2D eigenvalue weighted by molar-refractivity contribution is -0.120. The van der Waals surface area contributed by atoms with Crippen molar-refractivity contribution < 1.29 is 4.79 Å². The molecular formula is C22H21ClN2OS. The minimum atomic E-state index is -0.0351. The van der Waals surface area contributed by atoms with Gasteiger partial charge in [-0.25, -0.2) is 4.98 Å². The molecule has 3 rings (SSSR count). The average Bonchev–Trinajstić information content (AvgIpc) is 3.04. The molecule has 138 valence electrons. The Morgan fingerprint density at radius 2 is 1.96 bits per heavy atom. The van der Waals surface area contributed by atoms with Crippen LogP contribution in [0.3, 0.4) is 0 Å². The van der Waals surface area contributed by atoms with Gasteiger partial charge >= 0.3 is 0 Å². The van der Waals surface area contributed by atoms with E-state index >= 15 is 0 Å². The third kappa shape index (κ3) is 4.85.